The second kappa shape index (κ2) is 7.18. The van der Waals surface area contributed by atoms with E-state index in [1.165, 1.54) is 7.11 Å². The predicted molar refractivity (Wildman–Crippen MR) is 89.5 cm³/mol. The van der Waals surface area contributed by atoms with Crippen molar-refractivity contribution in [1.82, 2.24) is 0 Å². The quantitative estimate of drug-likeness (QED) is 0.465. The van der Waals surface area contributed by atoms with Crippen LogP contribution in [0.1, 0.15) is 22.8 Å². The van der Waals surface area contributed by atoms with Crippen LogP contribution >= 0.6 is 15.9 Å². The second-order valence-electron chi connectivity index (χ2n) is 4.67. The molecule has 0 saturated heterocycles. The van der Waals surface area contributed by atoms with Gasteiger partial charge in [0.05, 0.1) is 7.11 Å². The van der Waals surface area contributed by atoms with E-state index in [1.54, 1.807) is 37.3 Å². The number of ketones is 1. The monoisotopic (exact) mass is 358 g/mol. The lowest BCUT2D eigenvalue weighted by Crippen LogP contribution is -2.11. The number of carbonyl (C=O) groups excluding carboxylic acids is 2. The van der Waals surface area contributed by atoms with Crippen LogP contribution < -0.4 is 0 Å². The molecule has 0 amide bonds. The molecule has 0 spiro atoms. The number of ether oxygens (including phenoxy) is 1. The summed E-state index contributed by atoms with van der Waals surface area (Å²) in [7, 11) is 1.30. The molecule has 2 rings (SSSR count). The van der Waals surface area contributed by atoms with Crippen molar-refractivity contribution in [2.75, 3.05) is 7.11 Å². The largest absolute Gasteiger partial charge is 0.466 e. The minimum Gasteiger partial charge on any atom is -0.466 e. The van der Waals surface area contributed by atoms with Gasteiger partial charge in [0.15, 0.2) is 5.78 Å². The Morgan fingerprint density at radius 3 is 2.14 bits per heavy atom. The molecule has 0 aromatic heterocycles. The molecule has 0 N–H and O–H groups in total. The third-order valence-corrected chi connectivity index (χ3v) is 3.96. The van der Waals surface area contributed by atoms with Gasteiger partial charge in [0, 0.05) is 26.7 Å². The summed E-state index contributed by atoms with van der Waals surface area (Å²) >= 11 is 3.44. The summed E-state index contributed by atoms with van der Waals surface area (Å²) in [5.74, 6) is -0.731. The number of benzene rings is 2. The van der Waals surface area contributed by atoms with Gasteiger partial charge in [0.1, 0.15) is 0 Å². The average Bonchev–Trinajstić information content (AvgIpc) is 2.56. The first-order valence-corrected chi connectivity index (χ1v) is 7.49. The SMILES string of the molecule is COC(=O)/C(C)=C(\C(=O)c1ccccc1)c1ccccc1Br. The molecule has 0 saturated carbocycles. The summed E-state index contributed by atoms with van der Waals surface area (Å²) in [4.78, 5) is 24.8. The van der Waals surface area contributed by atoms with Crippen LogP contribution in [0.5, 0.6) is 0 Å². The number of methoxy groups -OCH3 is 1. The molecule has 0 heterocycles. The number of hydrogen-bond donors (Lipinski definition) is 0. The van der Waals surface area contributed by atoms with Crippen LogP contribution in [0.3, 0.4) is 0 Å². The zero-order valence-corrected chi connectivity index (χ0v) is 13.9. The summed E-state index contributed by atoms with van der Waals surface area (Å²) in [6, 6.07) is 16.2. The summed E-state index contributed by atoms with van der Waals surface area (Å²) in [6.07, 6.45) is 0. The maximum atomic E-state index is 12.9. The van der Waals surface area contributed by atoms with E-state index in [0.717, 1.165) is 4.47 Å². The number of halogens is 1. The van der Waals surface area contributed by atoms with E-state index in [-0.39, 0.29) is 11.4 Å². The molecule has 22 heavy (non-hydrogen) atoms. The van der Waals surface area contributed by atoms with Crippen LogP contribution in [-0.4, -0.2) is 18.9 Å². The summed E-state index contributed by atoms with van der Waals surface area (Å²) in [5, 5.41) is 0. The maximum absolute atomic E-state index is 12.9. The number of esters is 1. The van der Waals surface area contributed by atoms with Gasteiger partial charge in [-0.3, -0.25) is 4.79 Å². The van der Waals surface area contributed by atoms with Crippen LogP contribution in [0.15, 0.2) is 64.6 Å². The fourth-order valence-electron chi connectivity index (χ4n) is 2.15. The molecule has 3 nitrogen and oxygen atoms in total. The van der Waals surface area contributed by atoms with E-state index in [9.17, 15) is 9.59 Å². The lowest BCUT2D eigenvalue weighted by Gasteiger charge is -2.12. The van der Waals surface area contributed by atoms with E-state index in [1.807, 2.05) is 24.3 Å². The normalized spacial score (nSPS) is 11.6. The first-order chi connectivity index (χ1) is 10.6. The van der Waals surface area contributed by atoms with Gasteiger partial charge >= 0.3 is 5.97 Å². The molecule has 0 fully saturated rings. The molecule has 0 aliphatic carbocycles. The number of rotatable bonds is 4. The van der Waals surface area contributed by atoms with Crippen molar-refractivity contribution in [1.29, 1.82) is 0 Å². The van der Waals surface area contributed by atoms with Crippen LogP contribution in [0.4, 0.5) is 0 Å². The molecule has 2 aromatic rings. The number of Topliss-reactive ketones (excluding diaryl/α,β-unsaturated/α-hetero) is 1. The Balaban J connectivity index is 2.65. The van der Waals surface area contributed by atoms with Crippen LogP contribution in [0.2, 0.25) is 0 Å². The Bertz CT molecular complexity index is 733. The van der Waals surface area contributed by atoms with Gasteiger partial charge < -0.3 is 4.74 Å². The molecule has 0 atom stereocenters. The van der Waals surface area contributed by atoms with Crippen molar-refractivity contribution in [2.45, 2.75) is 6.92 Å². The van der Waals surface area contributed by atoms with Gasteiger partial charge in [-0.25, -0.2) is 4.79 Å². The van der Waals surface area contributed by atoms with E-state index in [4.69, 9.17) is 4.74 Å². The van der Waals surface area contributed by atoms with Crippen molar-refractivity contribution in [3.05, 3.63) is 75.8 Å². The van der Waals surface area contributed by atoms with Crippen LogP contribution in [0.25, 0.3) is 5.57 Å². The summed E-state index contributed by atoms with van der Waals surface area (Å²) in [6.45, 7) is 1.60. The molecule has 0 aliphatic heterocycles. The third kappa shape index (κ3) is 3.34. The fourth-order valence-corrected chi connectivity index (χ4v) is 2.63. The summed E-state index contributed by atoms with van der Waals surface area (Å²) < 4.78 is 5.52. The molecular formula is C18H15BrO3. The molecule has 112 valence electrons. The smallest absolute Gasteiger partial charge is 0.334 e. The van der Waals surface area contributed by atoms with E-state index < -0.39 is 5.97 Å². The fraction of sp³-hybridized carbons (Fsp3) is 0.111. The van der Waals surface area contributed by atoms with Crippen molar-refractivity contribution in [3.63, 3.8) is 0 Å². The van der Waals surface area contributed by atoms with Crippen molar-refractivity contribution in [2.24, 2.45) is 0 Å². The molecular weight excluding hydrogens is 344 g/mol. The highest BCUT2D eigenvalue weighted by Gasteiger charge is 2.22. The molecule has 4 heteroatoms. The highest BCUT2D eigenvalue weighted by Crippen LogP contribution is 2.30. The first-order valence-electron chi connectivity index (χ1n) is 6.70. The zero-order valence-electron chi connectivity index (χ0n) is 12.3. The van der Waals surface area contributed by atoms with Crippen LogP contribution in [0, 0.1) is 0 Å². The topological polar surface area (TPSA) is 43.4 Å². The highest BCUT2D eigenvalue weighted by molar-refractivity contribution is 9.10. The first kappa shape index (κ1) is 16.2. The van der Waals surface area contributed by atoms with Gasteiger partial charge in [-0.2, -0.15) is 0 Å². The van der Waals surface area contributed by atoms with E-state index in [0.29, 0.717) is 16.7 Å². The third-order valence-electron chi connectivity index (χ3n) is 3.27. The zero-order chi connectivity index (χ0) is 16.1. The molecule has 0 bridgehead atoms. The maximum Gasteiger partial charge on any atom is 0.334 e. The highest BCUT2D eigenvalue weighted by atomic mass is 79.9. The molecule has 0 aliphatic rings. The molecule has 2 aromatic carbocycles. The number of allylic oxidation sites excluding steroid dienone is 1. The molecule has 0 unspecified atom stereocenters. The Morgan fingerprint density at radius 1 is 0.955 bits per heavy atom. The lowest BCUT2D eigenvalue weighted by atomic mass is 9.93. The predicted octanol–water partition coefficient (Wildman–Crippen LogP) is 4.28. The van der Waals surface area contributed by atoms with Gasteiger partial charge in [0.2, 0.25) is 0 Å². The van der Waals surface area contributed by atoms with Gasteiger partial charge in [-0.1, -0.05) is 64.5 Å². The van der Waals surface area contributed by atoms with Crippen molar-refractivity contribution in [3.8, 4) is 0 Å². The Labute approximate surface area is 137 Å². The van der Waals surface area contributed by atoms with Crippen molar-refractivity contribution < 1.29 is 14.3 Å². The van der Waals surface area contributed by atoms with E-state index >= 15 is 0 Å². The van der Waals surface area contributed by atoms with Crippen molar-refractivity contribution >= 4 is 33.3 Å². The molecule has 0 radical (unpaired) electrons. The van der Waals surface area contributed by atoms with Gasteiger partial charge in [0.25, 0.3) is 0 Å². The second-order valence-corrected chi connectivity index (χ2v) is 5.52. The standard InChI is InChI=1S/C18H15BrO3/c1-12(18(21)22-2)16(14-10-6-7-11-15(14)19)17(20)13-8-4-3-5-9-13/h3-11H,1-2H3/b16-12-. The minimum absolute atomic E-state index is 0.213. The van der Waals surface area contributed by atoms with Crippen LogP contribution in [-0.2, 0) is 9.53 Å². The number of carbonyl (C=O) groups is 2. The Kier molecular flexibility index (Phi) is 5.28. The summed E-state index contributed by atoms with van der Waals surface area (Å²) in [5.41, 5.74) is 1.81. The lowest BCUT2D eigenvalue weighted by molar-refractivity contribution is -0.135. The average molecular weight is 359 g/mol. The van der Waals surface area contributed by atoms with Gasteiger partial charge in [-0.05, 0) is 13.0 Å². The van der Waals surface area contributed by atoms with E-state index in [2.05, 4.69) is 15.9 Å². The Hall–Kier alpha value is -2.20. The Morgan fingerprint density at radius 2 is 1.55 bits per heavy atom. The number of hydrogen-bond acceptors (Lipinski definition) is 3. The minimum atomic E-state index is -0.518. The van der Waals surface area contributed by atoms with Gasteiger partial charge in [-0.15, -0.1) is 0 Å².